The molecule has 0 saturated heterocycles. The summed E-state index contributed by atoms with van der Waals surface area (Å²) < 4.78 is 33.2. The lowest BCUT2D eigenvalue weighted by atomic mass is 10.0. The Labute approximate surface area is 457 Å². The Morgan fingerprint density at radius 1 is 0.550 bits per heavy atom. The van der Waals surface area contributed by atoms with Crippen LogP contribution in [-0.4, -0.2) is 74.0 Å². The van der Waals surface area contributed by atoms with Gasteiger partial charge in [-0.3, -0.25) is 46.4 Å². The van der Waals surface area contributed by atoms with Gasteiger partial charge in [-0.1, -0.05) is 66.7 Å². The van der Waals surface area contributed by atoms with Crippen molar-refractivity contribution in [3.63, 3.8) is 0 Å². The third-order valence-electron chi connectivity index (χ3n) is 13.9. The highest BCUT2D eigenvalue weighted by atomic mass is 32.2. The van der Waals surface area contributed by atoms with Gasteiger partial charge in [-0.25, -0.2) is 29.3 Å². The van der Waals surface area contributed by atoms with Crippen molar-refractivity contribution < 1.29 is 12.6 Å². The SMILES string of the molecule is CS(=O)(=O)OCCCC1=CCc2ccccc21.Cn1c(=O)[nH]c(=O)c2ncccc21.Cn1c(=O)n(CCCc2c[nH]c3ccccc23)c(=O)c2ncccc21.Cn1c(=O)n(CCCc2c[nH]c3ccccc23)c(=O)c2ncccc21. The highest BCUT2D eigenvalue weighted by Gasteiger charge is 2.16. The molecule has 8 heterocycles. The van der Waals surface area contributed by atoms with Crippen LogP contribution in [0.2, 0.25) is 0 Å². The van der Waals surface area contributed by atoms with E-state index < -0.39 is 21.4 Å². The molecule has 20 nitrogen and oxygen atoms in total. The van der Waals surface area contributed by atoms with Crippen LogP contribution in [0.3, 0.4) is 0 Å². The second-order valence-corrected chi connectivity index (χ2v) is 20.8. The number of H-pyrrole nitrogens is 3. The Morgan fingerprint density at radius 2 is 1.02 bits per heavy atom. The molecule has 3 aromatic carbocycles. The van der Waals surface area contributed by atoms with Gasteiger partial charge in [0, 0.05) is 87.0 Å². The minimum absolute atomic E-state index is 0.262. The van der Waals surface area contributed by atoms with Crippen molar-refractivity contribution in [1.29, 1.82) is 0 Å². The smallest absolute Gasteiger partial charge is 0.331 e. The summed E-state index contributed by atoms with van der Waals surface area (Å²) in [5.74, 6) is 0. The lowest BCUT2D eigenvalue weighted by Crippen LogP contribution is -2.39. The van der Waals surface area contributed by atoms with E-state index in [1.165, 1.54) is 67.6 Å². The molecule has 410 valence electrons. The standard InChI is InChI=1S/2C19H18N4O2.C13H16O3S.C8H7N3O2/c2*1-22-16-9-4-10-20-17(16)18(24)23(19(22)25)11-5-6-13-12-21-15-8-3-2-7-14(13)15;1-17(14,15)16-10-4-6-12-9-8-11-5-2-3-7-13(11)12;1-11-5-3-2-4-9-6(5)7(12)10-8(11)13/h2*2-4,7-10,12,21H,5-6,11H2,1H3;2-3,5,7,9H,4,6,8,10H2,1H3;2-4H,1H3,(H,10,12,13). The number of benzene rings is 3. The number of nitrogens with one attached hydrogen (secondary N) is 3. The normalized spacial score (nSPS) is 11.9. The van der Waals surface area contributed by atoms with Crippen molar-refractivity contribution in [3.05, 3.63) is 231 Å². The molecule has 0 saturated carbocycles. The van der Waals surface area contributed by atoms with E-state index in [9.17, 15) is 37.2 Å². The fraction of sp³-hybridized carbons (Fsp3) is 0.237. The van der Waals surface area contributed by atoms with Crippen molar-refractivity contribution in [3.8, 4) is 0 Å². The first-order chi connectivity index (χ1) is 38.6. The van der Waals surface area contributed by atoms with Crippen LogP contribution in [0, 0.1) is 0 Å². The first-order valence-electron chi connectivity index (χ1n) is 25.9. The minimum Gasteiger partial charge on any atom is -0.361 e. The summed E-state index contributed by atoms with van der Waals surface area (Å²) in [6.07, 6.45) is 17.5. The van der Waals surface area contributed by atoms with Gasteiger partial charge >= 0.3 is 17.1 Å². The zero-order valence-corrected chi connectivity index (χ0v) is 45.4. The van der Waals surface area contributed by atoms with E-state index in [2.05, 4.69) is 60.2 Å². The maximum Gasteiger partial charge on any atom is 0.331 e. The van der Waals surface area contributed by atoms with Crippen LogP contribution in [0.1, 0.15) is 47.9 Å². The number of rotatable bonds is 13. The highest BCUT2D eigenvalue weighted by Crippen LogP contribution is 2.30. The third kappa shape index (κ3) is 12.3. The molecule has 0 atom stereocenters. The number of fused-ring (bicyclic) bond motifs is 6. The Morgan fingerprint density at radius 3 is 1.55 bits per heavy atom. The van der Waals surface area contributed by atoms with Crippen LogP contribution in [-0.2, 0) is 67.8 Å². The molecular weight excluding hydrogens is 1040 g/mol. The molecule has 12 rings (SSSR count). The summed E-state index contributed by atoms with van der Waals surface area (Å²) >= 11 is 0. The lowest BCUT2D eigenvalue weighted by molar-refractivity contribution is 0.317. The predicted molar refractivity (Wildman–Crippen MR) is 311 cm³/mol. The first kappa shape index (κ1) is 55.4. The maximum absolute atomic E-state index is 12.6. The number of hydrogen-bond acceptors (Lipinski definition) is 12. The molecule has 1 aliphatic rings. The predicted octanol–water partition coefficient (Wildman–Crippen LogP) is 6.42. The molecule has 0 unspecified atom stereocenters. The van der Waals surface area contributed by atoms with Crippen LogP contribution >= 0.6 is 0 Å². The van der Waals surface area contributed by atoms with Gasteiger partial charge in [-0.2, -0.15) is 8.42 Å². The van der Waals surface area contributed by atoms with E-state index in [4.69, 9.17) is 4.18 Å². The number of aromatic nitrogens is 11. The van der Waals surface area contributed by atoms with E-state index >= 15 is 0 Å². The number of para-hydroxylation sites is 2. The number of hydrogen-bond donors (Lipinski definition) is 3. The van der Waals surface area contributed by atoms with E-state index in [1.807, 2.05) is 60.9 Å². The van der Waals surface area contributed by atoms with Crippen LogP contribution in [0.15, 0.2) is 175 Å². The zero-order chi connectivity index (χ0) is 56.5. The van der Waals surface area contributed by atoms with Gasteiger partial charge in [0.05, 0.1) is 29.4 Å². The largest absolute Gasteiger partial charge is 0.361 e. The zero-order valence-electron chi connectivity index (χ0n) is 44.6. The van der Waals surface area contributed by atoms with Crippen LogP contribution < -0.4 is 33.7 Å². The third-order valence-corrected chi connectivity index (χ3v) is 14.5. The average molecular weight is 1100 g/mol. The monoisotopic (exact) mass is 1100 g/mol. The Hall–Kier alpha value is -9.34. The lowest BCUT2D eigenvalue weighted by Gasteiger charge is -2.09. The molecule has 0 spiro atoms. The van der Waals surface area contributed by atoms with Crippen molar-refractivity contribution in [2.75, 3.05) is 12.9 Å². The molecule has 0 aliphatic heterocycles. The molecule has 0 bridgehead atoms. The summed E-state index contributed by atoms with van der Waals surface area (Å²) in [6, 6.07) is 34.8. The molecule has 8 aromatic heterocycles. The van der Waals surface area contributed by atoms with Crippen molar-refractivity contribution >= 4 is 70.6 Å². The molecule has 3 N–H and O–H groups in total. The summed E-state index contributed by atoms with van der Waals surface area (Å²) in [5, 5.41) is 2.37. The minimum atomic E-state index is -3.30. The van der Waals surface area contributed by atoms with Crippen LogP contribution in [0.5, 0.6) is 0 Å². The molecule has 0 fully saturated rings. The number of pyridine rings is 3. The first-order valence-corrected chi connectivity index (χ1v) is 27.8. The molecular formula is C59H59N11O9S. The van der Waals surface area contributed by atoms with Crippen LogP contribution in [0.25, 0.3) is 60.5 Å². The second-order valence-electron chi connectivity index (χ2n) is 19.2. The maximum atomic E-state index is 12.6. The summed E-state index contributed by atoms with van der Waals surface area (Å²) in [7, 11) is 1.62. The van der Waals surface area contributed by atoms with Gasteiger partial charge in [0.25, 0.3) is 26.8 Å². The summed E-state index contributed by atoms with van der Waals surface area (Å²) in [6.45, 7) is 1.01. The average Bonchev–Trinajstić information content (AvgIpc) is 4.28. The molecule has 1 aliphatic carbocycles. The second kappa shape index (κ2) is 24.5. The fourth-order valence-corrected chi connectivity index (χ4v) is 10.3. The topological polar surface area (TPSA) is 256 Å². The van der Waals surface area contributed by atoms with Crippen LogP contribution in [0.4, 0.5) is 0 Å². The van der Waals surface area contributed by atoms with E-state index in [1.54, 1.807) is 69.9 Å². The highest BCUT2D eigenvalue weighted by molar-refractivity contribution is 7.85. The van der Waals surface area contributed by atoms with Gasteiger partial charge in [-0.05, 0) is 121 Å². The number of aryl methyl sites for hydroxylation is 5. The number of allylic oxidation sites excluding steroid dienone is 2. The van der Waals surface area contributed by atoms with E-state index in [0.29, 0.717) is 53.5 Å². The van der Waals surface area contributed by atoms with Crippen molar-refractivity contribution in [1.82, 2.24) is 52.7 Å². The molecule has 11 aromatic rings. The Bertz CT molecular complexity index is 4410. The van der Waals surface area contributed by atoms with Gasteiger partial charge in [0.1, 0.15) is 0 Å². The molecule has 0 amide bonds. The molecule has 21 heteroatoms. The van der Waals surface area contributed by atoms with Gasteiger partial charge in [0.15, 0.2) is 16.6 Å². The molecule has 0 radical (unpaired) electrons. The summed E-state index contributed by atoms with van der Waals surface area (Å²) in [5.41, 5.74) is 9.02. The van der Waals surface area contributed by atoms with Gasteiger partial charge < -0.3 is 9.97 Å². The fourth-order valence-electron chi connectivity index (χ4n) is 9.84. The van der Waals surface area contributed by atoms with Crippen molar-refractivity contribution in [2.24, 2.45) is 21.1 Å². The molecule has 80 heavy (non-hydrogen) atoms. The Balaban J connectivity index is 0.000000133. The summed E-state index contributed by atoms with van der Waals surface area (Å²) in [4.78, 5) is 93.4. The Kier molecular flexibility index (Phi) is 17.0. The van der Waals surface area contributed by atoms with E-state index in [-0.39, 0.29) is 34.6 Å². The van der Waals surface area contributed by atoms with Gasteiger partial charge in [0.2, 0.25) is 0 Å². The van der Waals surface area contributed by atoms with Crippen molar-refractivity contribution in [2.45, 2.75) is 58.0 Å². The van der Waals surface area contributed by atoms with E-state index in [0.717, 1.165) is 49.4 Å². The number of nitrogens with zero attached hydrogens (tertiary/aromatic N) is 8. The quantitative estimate of drug-likeness (QED) is 0.0835. The number of aromatic amines is 3. The van der Waals surface area contributed by atoms with Gasteiger partial charge in [-0.15, -0.1) is 0 Å².